The summed E-state index contributed by atoms with van der Waals surface area (Å²) < 4.78 is 1.86. The molecule has 0 amide bonds. The fourth-order valence-corrected chi connectivity index (χ4v) is 2.00. The van der Waals surface area contributed by atoms with E-state index in [1.165, 1.54) is 0 Å². The number of rotatable bonds is 4. The van der Waals surface area contributed by atoms with Crippen LogP contribution in [0.4, 0.5) is 5.82 Å². The number of hydrogen-bond acceptors (Lipinski definition) is 3. The van der Waals surface area contributed by atoms with Crippen LogP contribution < -0.4 is 5.32 Å². The van der Waals surface area contributed by atoms with Gasteiger partial charge in [0.25, 0.3) is 0 Å². The lowest BCUT2D eigenvalue weighted by molar-refractivity contribution is 0.311. The second kappa shape index (κ2) is 5.21. The van der Waals surface area contributed by atoms with Crippen molar-refractivity contribution in [2.75, 3.05) is 18.5 Å². The zero-order chi connectivity index (χ0) is 12.3. The van der Waals surface area contributed by atoms with Crippen LogP contribution in [0.2, 0.25) is 5.15 Å². The first kappa shape index (κ1) is 12.0. The van der Waals surface area contributed by atoms with Crippen LogP contribution in [-0.4, -0.2) is 27.8 Å². The second-order valence-corrected chi connectivity index (χ2v) is 3.98. The standard InChI is InChI=1S/C12H14ClN3O/c1-9-15-12(14-7-8-17)11(13)16(9)10-5-3-2-4-6-10/h2-6,14,17H,7-8H2,1H3. The van der Waals surface area contributed by atoms with Crippen LogP contribution in [0.25, 0.3) is 5.69 Å². The molecule has 0 spiro atoms. The van der Waals surface area contributed by atoms with E-state index in [2.05, 4.69) is 10.3 Å². The van der Waals surface area contributed by atoms with Crippen molar-refractivity contribution < 1.29 is 5.11 Å². The van der Waals surface area contributed by atoms with Crippen molar-refractivity contribution in [3.63, 3.8) is 0 Å². The van der Waals surface area contributed by atoms with Gasteiger partial charge in [-0.1, -0.05) is 29.8 Å². The van der Waals surface area contributed by atoms with Gasteiger partial charge in [-0.2, -0.15) is 0 Å². The van der Waals surface area contributed by atoms with Gasteiger partial charge in [-0.25, -0.2) is 4.98 Å². The number of aliphatic hydroxyl groups is 1. The Bertz CT molecular complexity index is 496. The molecule has 0 bridgehead atoms. The van der Waals surface area contributed by atoms with E-state index in [-0.39, 0.29) is 6.61 Å². The molecule has 1 aromatic carbocycles. The Balaban J connectivity index is 2.38. The predicted octanol–water partition coefficient (Wildman–Crippen LogP) is 2.24. The summed E-state index contributed by atoms with van der Waals surface area (Å²) in [7, 11) is 0. The lowest BCUT2D eigenvalue weighted by atomic mass is 10.3. The fourth-order valence-electron chi connectivity index (χ4n) is 1.67. The third-order valence-corrected chi connectivity index (χ3v) is 2.76. The van der Waals surface area contributed by atoms with E-state index in [1.54, 1.807) is 0 Å². The number of nitrogens with one attached hydrogen (secondary N) is 1. The van der Waals surface area contributed by atoms with Crippen molar-refractivity contribution in [2.24, 2.45) is 0 Å². The highest BCUT2D eigenvalue weighted by molar-refractivity contribution is 6.32. The van der Waals surface area contributed by atoms with Gasteiger partial charge >= 0.3 is 0 Å². The molecule has 0 aliphatic rings. The van der Waals surface area contributed by atoms with E-state index in [1.807, 2.05) is 41.8 Å². The van der Waals surface area contributed by atoms with E-state index < -0.39 is 0 Å². The molecule has 2 rings (SSSR count). The van der Waals surface area contributed by atoms with Crippen LogP contribution >= 0.6 is 11.6 Å². The second-order valence-electron chi connectivity index (χ2n) is 3.62. The predicted molar refractivity (Wildman–Crippen MR) is 68.9 cm³/mol. The Morgan fingerprint density at radius 1 is 1.35 bits per heavy atom. The monoisotopic (exact) mass is 251 g/mol. The molecule has 0 unspecified atom stereocenters. The zero-order valence-corrected chi connectivity index (χ0v) is 10.3. The molecule has 0 fully saturated rings. The Kier molecular flexibility index (Phi) is 3.66. The van der Waals surface area contributed by atoms with Crippen LogP contribution in [0.1, 0.15) is 5.82 Å². The maximum Gasteiger partial charge on any atom is 0.164 e. The molecule has 2 aromatic rings. The Hall–Kier alpha value is -1.52. The van der Waals surface area contributed by atoms with Gasteiger partial charge in [-0.05, 0) is 19.1 Å². The highest BCUT2D eigenvalue weighted by Gasteiger charge is 2.13. The van der Waals surface area contributed by atoms with Gasteiger partial charge in [-0.3, -0.25) is 4.57 Å². The van der Waals surface area contributed by atoms with Gasteiger partial charge in [0, 0.05) is 12.2 Å². The number of imidazole rings is 1. The highest BCUT2D eigenvalue weighted by Crippen LogP contribution is 2.26. The van der Waals surface area contributed by atoms with Gasteiger partial charge in [0.15, 0.2) is 11.0 Å². The van der Waals surface area contributed by atoms with E-state index in [4.69, 9.17) is 16.7 Å². The molecular weight excluding hydrogens is 238 g/mol. The van der Waals surface area contributed by atoms with Crippen molar-refractivity contribution in [1.82, 2.24) is 9.55 Å². The number of aliphatic hydroxyl groups excluding tert-OH is 1. The molecule has 1 aromatic heterocycles. The molecule has 17 heavy (non-hydrogen) atoms. The van der Waals surface area contributed by atoms with Crippen LogP contribution in [0.15, 0.2) is 30.3 Å². The van der Waals surface area contributed by atoms with E-state index in [0.717, 1.165) is 11.5 Å². The van der Waals surface area contributed by atoms with Gasteiger partial charge in [0.1, 0.15) is 5.82 Å². The molecule has 2 N–H and O–H groups in total. The minimum absolute atomic E-state index is 0.0492. The molecule has 0 saturated carbocycles. The molecule has 0 atom stereocenters. The van der Waals surface area contributed by atoms with E-state index in [9.17, 15) is 0 Å². The molecule has 0 aliphatic heterocycles. The SMILES string of the molecule is Cc1nc(NCCO)c(Cl)n1-c1ccccc1. The minimum Gasteiger partial charge on any atom is -0.395 e. The first-order valence-corrected chi connectivity index (χ1v) is 5.77. The number of anilines is 1. The van der Waals surface area contributed by atoms with Gasteiger partial charge < -0.3 is 10.4 Å². The number of nitrogens with zero attached hydrogens (tertiary/aromatic N) is 2. The maximum atomic E-state index is 8.77. The number of aromatic nitrogens is 2. The average molecular weight is 252 g/mol. The Morgan fingerprint density at radius 2 is 2.06 bits per heavy atom. The smallest absolute Gasteiger partial charge is 0.164 e. The van der Waals surface area contributed by atoms with Crippen LogP contribution in [0.3, 0.4) is 0 Å². The third-order valence-electron chi connectivity index (χ3n) is 2.41. The summed E-state index contributed by atoms with van der Waals surface area (Å²) in [6, 6.07) is 9.79. The normalized spacial score (nSPS) is 10.5. The number of para-hydroxylation sites is 1. The first-order chi connectivity index (χ1) is 8.24. The number of hydrogen-bond donors (Lipinski definition) is 2. The highest BCUT2D eigenvalue weighted by atomic mass is 35.5. The van der Waals surface area contributed by atoms with Crippen LogP contribution in [-0.2, 0) is 0 Å². The van der Waals surface area contributed by atoms with Crippen molar-refractivity contribution in [1.29, 1.82) is 0 Å². The summed E-state index contributed by atoms with van der Waals surface area (Å²) in [5.41, 5.74) is 0.972. The molecule has 90 valence electrons. The maximum absolute atomic E-state index is 8.77. The van der Waals surface area contributed by atoms with Gasteiger partial charge in [-0.15, -0.1) is 0 Å². The summed E-state index contributed by atoms with van der Waals surface area (Å²) in [4.78, 5) is 4.33. The minimum atomic E-state index is 0.0492. The largest absolute Gasteiger partial charge is 0.395 e. The molecule has 4 nitrogen and oxygen atoms in total. The summed E-state index contributed by atoms with van der Waals surface area (Å²) in [6.07, 6.45) is 0. The van der Waals surface area contributed by atoms with Crippen molar-refractivity contribution in [2.45, 2.75) is 6.92 Å². The lowest BCUT2D eigenvalue weighted by Crippen LogP contribution is -2.06. The molecule has 5 heteroatoms. The Morgan fingerprint density at radius 3 is 2.71 bits per heavy atom. The summed E-state index contributed by atoms with van der Waals surface area (Å²) in [6.45, 7) is 2.38. The molecule has 0 radical (unpaired) electrons. The lowest BCUT2D eigenvalue weighted by Gasteiger charge is -2.06. The fraction of sp³-hybridized carbons (Fsp3) is 0.250. The number of benzene rings is 1. The summed E-state index contributed by atoms with van der Waals surface area (Å²) >= 11 is 6.26. The van der Waals surface area contributed by atoms with Gasteiger partial charge in [0.05, 0.1) is 6.61 Å². The van der Waals surface area contributed by atoms with Crippen LogP contribution in [0.5, 0.6) is 0 Å². The topological polar surface area (TPSA) is 50.1 Å². The van der Waals surface area contributed by atoms with Gasteiger partial charge in [0.2, 0.25) is 0 Å². The van der Waals surface area contributed by atoms with E-state index in [0.29, 0.717) is 17.5 Å². The van der Waals surface area contributed by atoms with Crippen LogP contribution in [0, 0.1) is 6.92 Å². The summed E-state index contributed by atoms with van der Waals surface area (Å²) in [5, 5.41) is 12.3. The number of halogens is 1. The quantitative estimate of drug-likeness (QED) is 0.876. The average Bonchev–Trinajstić information content (AvgIpc) is 2.63. The zero-order valence-electron chi connectivity index (χ0n) is 9.52. The molecule has 1 heterocycles. The number of aryl methyl sites for hydroxylation is 1. The summed E-state index contributed by atoms with van der Waals surface area (Å²) in [5.74, 6) is 1.41. The van der Waals surface area contributed by atoms with Crippen molar-refractivity contribution in [3.05, 3.63) is 41.3 Å². The van der Waals surface area contributed by atoms with Crippen molar-refractivity contribution in [3.8, 4) is 5.69 Å². The van der Waals surface area contributed by atoms with Crippen molar-refractivity contribution >= 4 is 17.4 Å². The Labute approximate surface area is 105 Å². The molecular formula is C12H14ClN3O. The third kappa shape index (κ3) is 2.43. The van der Waals surface area contributed by atoms with E-state index >= 15 is 0 Å². The molecule has 0 saturated heterocycles. The molecule has 0 aliphatic carbocycles. The first-order valence-electron chi connectivity index (χ1n) is 5.39.